The summed E-state index contributed by atoms with van der Waals surface area (Å²) in [6.07, 6.45) is 1.83. The first-order chi connectivity index (χ1) is 13.0. The highest BCUT2D eigenvalue weighted by Gasteiger charge is 2.42. The molecule has 1 aromatic heterocycles. The SMILES string of the molecule is CCC[C@]1(CO)CN(c2cc(C)c3c(OC)ccc(OC)c3n2)CC[C@H]1O. The lowest BCUT2D eigenvalue weighted by molar-refractivity contribution is -0.0353. The van der Waals surface area contributed by atoms with E-state index in [1.54, 1.807) is 14.2 Å². The lowest BCUT2D eigenvalue weighted by Crippen LogP contribution is -2.54. The van der Waals surface area contributed by atoms with Crippen LogP contribution in [0.2, 0.25) is 0 Å². The molecule has 0 amide bonds. The van der Waals surface area contributed by atoms with Gasteiger partial charge < -0.3 is 24.6 Å². The van der Waals surface area contributed by atoms with Crippen LogP contribution in [-0.2, 0) is 0 Å². The summed E-state index contributed by atoms with van der Waals surface area (Å²) in [5.74, 6) is 2.31. The fourth-order valence-electron chi connectivity index (χ4n) is 4.28. The van der Waals surface area contributed by atoms with Gasteiger partial charge in [-0.05, 0) is 43.5 Å². The lowest BCUT2D eigenvalue weighted by Gasteiger charge is -2.46. The van der Waals surface area contributed by atoms with Gasteiger partial charge in [0.1, 0.15) is 22.8 Å². The molecular formula is C21H30N2O4. The van der Waals surface area contributed by atoms with Crippen LogP contribution in [0.5, 0.6) is 11.5 Å². The highest BCUT2D eigenvalue weighted by atomic mass is 16.5. The number of aliphatic hydroxyl groups is 2. The van der Waals surface area contributed by atoms with E-state index in [1.165, 1.54) is 0 Å². The molecule has 2 N–H and O–H groups in total. The van der Waals surface area contributed by atoms with Gasteiger partial charge >= 0.3 is 0 Å². The number of aryl methyl sites for hydroxylation is 1. The molecule has 148 valence electrons. The molecule has 1 saturated heterocycles. The zero-order valence-corrected chi connectivity index (χ0v) is 16.7. The molecule has 0 bridgehead atoms. The monoisotopic (exact) mass is 374 g/mol. The zero-order chi connectivity index (χ0) is 19.6. The van der Waals surface area contributed by atoms with E-state index in [9.17, 15) is 10.2 Å². The van der Waals surface area contributed by atoms with Gasteiger partial charge in [0.25, 0.3) is 0 Å². The Kier molecular flexibility index (Phi) is 5.77. The number of fused-ring (bicyclic) bond motifs is 1. The van der Waals surface area contributed by atoms with Crippen LogP contribution < -0.4 is 14.4 Å². The van der Waals surface area contributed by atoms with Crippen molar-refractivity contribution in [2.75, 3.05) is 38.8 Å². The molecule has 6 nitrogen and oxygen atoms in total. The fourth-order valence-corrected chi connectivity index (χ4v) is 4.28. The van der Waals surface area contributed by atoms with Crippen LogP contribution >= 0.6 is 0 Å². The maximum absolute atomic E-state index is 10.5. The number of hydrogen-bond acceptors (Lipinski definition) is 6. The zero-order valence-electron chi connectivity index (χ0n) is 16.7. The molecule has 0 unspecified atom stereocenters. The normalized spacial score (nSPS) is 22.9. The number of piperidine rings is 1. The van der Waals surface area contributed by atoms with Gasteiger partial charge in [-0.1, -0.05) is 13.3 Å². The predicted molar refractivity (Wildman–Crippen MR) is 107 cm³/mol. The van der Waals surface area contributed by atoms with Gasteiger partial charge in [-0.25, -0.2) is 4.98 Å². The minimum Gasteiger partial charge on any atom is -0.496 e. The Hall–Kier alpha value is -2.05. The Bertz CT molecular complexity index is 810. The second kappa shape index (κ2) is 7.90. The Morgan fingerprint density at radius 1 is 1.26 bits per heavy atom. The molecule has 1 fully saturated rings. The van der Waals surface area contributed by atoms with Crippen molar-refractivity contribution in [3.63, 3.8) is 0 Å². The van der Waals surface area contributed by atoms with Crippen LogP contribution in [0.3, 0.4) is 0 Å². The third kappa shape index (κ3) is 3.44. The minimum absolute atomic E-state index is 0.0256. The number of hydrogen-bond donors (Lipinski definition) is 2. The predicted octanol–water partition coefficient (Wildman–Crippen LogP) is 2.91. The molecule has 2 aromatic rings. The Balaban J connectivity index is 2.07. The number of benzene rings is 1. The molecule has 1 aromatic carbocycles. The molecule has 1 aliphatic rings. The van der Waals surface area contributed by atoms with Crippen molar-refractivity contribution >= 4 is 16.7 Å². The van der Waals surface area contributed by atoms with Crippen LogP contribution in [0.1, 0.15) is 31.7 Å². The number of ether oxygens (including phenoxy) is 2. The van der Waals surface area contributed by atoms with E-state index in [0.717, 1.165) is 40.9 Å². The Morgan fingerprint density at radius 3 is 2.59 bits per heavy atom. The van der Waals surface area contributed by atoms with Gasteiger partial charge in [-0.3, -0.25) is 0 Å². The first-order valence-electron chi connectivity index (χ1n) is 9.56. The van der Waals surface area contributed by atoms with Gasteiger partial charge in [0.15, 0.2) is 0 Å². The summed E-state index contributed by atoms with van der Waals surface area (Å²) in [5, 5.41) is 21.5. The van der Waals surface area contributed by atoms with E-state index >= 15 is 0 Å². The van der Waals surface area contributed by atoms with Gasteiger partial charge in [-0.2, -0.15) is 0 Å². The van der Waals surface area contributed by atoms with Crippen LogP contribution in [0, 0.1) is 12.3 Å². The Labute approximate surface area is 160 Å². The largest absolute Gasteiger partial charge is 0.496 e. The lowest BCUT2D eigenvalue weighted by atomic mass is 9.74. The van der Waals surface area contributed by atoms with Crippen LogP contribution in [0.4, 0.5) is 5.82 Å². The maximum atomic E-state index is 10.5. The highest BCUT2D eigenvalue weighted by Crippen LogP contribution is 2.39. The summed E-state index contributed by atoms with van der Waals surface area (Å²) >= 11 is 0. The van der Waals surface area contributed by atoms with Crippen molar-refractivity contribution in [2.45, 2.75) is 39.2 Å². The van der Waals surface area contributed by atoms with E-state index < -0.39 is 11.5 Å². The molecular weight excluding hydrogens is 344 g/mol. The molecule has 6 heteroatoms. The summed E-state index contributed by atoms with van der Waals surface area (Å²) in [7, 11) is 3.29. The van der Waals surface area contributed by atoms with E-state index in [1.807, 2.05) is 19.1 Å². The molecule has 2 atom stereocenters. The number of aromatic nitrogens is 1. The standard InChI is InChI=1S/C21H30N2O4/c1-5-9-21(13-24)12-23(10-8-17(21)25)18-11-14(2)19-15(26-3)6-7-16(27-4)20(19)22-18/h6-7,11,17,24-25H,5,8-10,12-13H2,1-4H3/t17-,21-/m1/s1. The number of nitrogens with zero attached hydrogens (tertiary/aromatic N) is 2. The molecule has 0 radical (unpaired) electrons. The molecule has 0 spiro atoms. The fraction of sp³-hybridized carbons (Fsp3) is 0.571. The number of rotatable bonds is 6. The number of aliphatic hydroxyl groups excluding tert-OH is 2. The third-order valence-corrected chi connectivity index (χ3v) is 5.78. The summed E-state index contributed by atoms with van der Waals surface area (Å²) < 4.78 is 11.0. The summed E-state index contributed by atoms with van der Waals surface area (Å²) in [6.45, 7) is 5.39. The van der Waals surface area contributed by atoms with Gasteiger partial charge in [0, 0.05) is 23.9 Å². The maximum Gasteiger partial charge on any atom is 0.145 e. The van der Waals surface area contributed by atoms with E-state index in [-0.39, 0.29) is 6.61 Å². The quantitative estimate of drug-likeness (QED) is 0.810. The number of pyridine rings is 1. The smallest absolute Gasteiger partial charge is 0.145 e. The van der Waals surface area contributed by atoms with E-state index in [2.05, 4.69) is 17.9 Å². The second-order valence-corrected chi connectivity index (χ2v) is 7.49. The van der Waals surface area contributed by atoms with Crippen LogP contribution in [0.25, 0.3) is 10.9 Å². The average Bonchev–Trinajstić information content (AvgIpc) is 2.68. The molecule has 3 rings (SSSR count). The number of anilines is 1. The first kappa shape index (κ1) is 19.7. The van der Waals surface area contributed by atoms with Crippen molar-refractivity contribution in [2.24, 2.45) is 5.41 Å². The minimum atomic E-state index is -0.504. The van der Waals surface area contributed by atoms with Crippen molar-refractivity contribution in [3.8, 4) is 11.5 Å². The Morgan fingerprint density at radius 2 is 1.96 bits per heavy atom. The summed E-state index contributed by atoms with van der Waals surface area (Å²) in [5.41, 5.74) is 1.32. The van der Waals surface area contributed by atoms with Gasteiger partial charge in [0.2, 0.25) is 0 Å². The van der Waals surface area contributed by atoms with Crippen molar-refractivity contribution in [1.82, 2.24) is 4.98 Å². The molecule has 0 saturated carbocycles. The summed E-state index contributed by atoms with van der Waals surface area (Å²) in [6, 6.07) is 5.81. The van der Waals surface area contributed by atoms with Gasteiger partial charge in [0.05, 0.1) is 26.9 Å². The first-order valence-corrected chi connectivity index (χ1v) is 9.56. The molecule has 0 aliphatic carbocycles. The average molecular weight is 374 g/mol. The third-order valence-electron chi connectivity index (χ3n) is 5.78. The van der Waals surface area contributed by atoms with E-state index in [0.29, 0.717) is 25.3 Å². The van der Waals surface area contributed by atoms with Gasteiger partial charge in [-0.15, -0.1) is 0 Å². The van der Waals surface area contributed by atoms with Crippen molar-refractivity contribution in [1.29, 1.82) is 0 Å². The molecule has 27 heavy (non-hydrogen) atoms. The second-order valence-electron chi connectivity index (χ2n) is 7.49. The van der Waals surface area contributed by atoms with Crippen molar-refractivity contribution < 1.29 is 19.7 Å². The highest BCUT2D eigenvalue weighted by molar-refractivity contribution is 5.94. The van der Waals surface area contributed by atoms with Crippen LogP contribution in [-0.4, -0.2) is 55.2 Å². The molecule has 1 aliphatic heterocycles. The van der Waals surface area contributed by atoms with E-state index in [4.69, 9.17) is 14.5 Å². The van der Waals surface area contributed by atoms with Crippen LogP contribution in [0.15, 0.2) is 18.2 Å². The topological polar surface area (TPSA) is 75.1 Å². The summed E-state index contributed by atoms with van der Waals surface area (Å²) in [4.78, 5) is 7.05. The molecule has 2 heterocycles. The van der Waals surface area contributed by atoms with Crippen molar-refractivity contribution in [3.05, 3.63) is 23.8 Å². The number of methoxy groups -OCH3 is 2.